The van der Waals surface area contributed by atoms with Crippen LogP contribution in [-0.4, -0.2) is 49.8 Å². The third-order valence-corrected chi connectivity index (χ3v) is 4.94. The van der Waals surface area contributed by atoms with E-state index >= 15 is 0 Å². The van der Waals surface area contributed by atoms with Gasteiger partial charge in [-0.1, -0.05) is 12.2 Å². The fourth-order valence-electron chi connectivity index (χ4n) is 3.48. The Balaban J connectivity index is 1.34. The number of rotatable bonds is 5. The molecule has 118 valence electrons. The van der Waals surface area contributed by atoms with E-state index in [9.17, 15) is 4.79 Å². The highest BCUT2D eigenvalue weighted by Crippen LogP contribution is 2.23. The first-order valence-electron chi connectivity index (χ1n) is 8.45. The second-order valence-electron chi connectivity index (χ2n) is 6.61. The molecule has 4 heteroatoms. The van der Waals surface area contributed by atoms with Gasteiger partial charge in [0.2, 0.25) is 5.91 Å². The number of hydrogen-bond acceptors (Lipinski definition) is 3. The number of carbonyl (C=O) groups excluding carboxylic acids is 1. The van der Waals surface area contributed by atoms with Crippen LogP contribution in [0, 0.1) is 11.8 Å². The van der Waals surface area contributed by atoms with E-state index in [0.29, 0.717) is 30.3 Å². The lowest BCUT2D eigenvalue weighted by molar-refractivity contribution is -0.134. The second-order valence-corrected chi connectivity index (χ2v) is 6.61. The largest absolute Gasteiger partial charge is 0.381 e. The monoisotopic (exact) mass is 293 g/mol. The van der Waals surface area contributed by atoms with E-state index < -0.39 is 0 Å². The first-order chi connectivity index (χ1) is 10.3. The summed E-state index contributed by atoms with van der Waals surface area (Å²) in [5.74, 6) is 1.39. The van der Waals surface area contributed by atoms with Crippen LogP contribution in [0.25, 0.3) is 0 Å². The van der Waals surface area contributed by atoms with Gasteiger partial charge in [-0.05, 0) is 38.0 Å². The van der Waals surface area contributed by atoms with Crippen molar-refractivity contribution in [2.45, 2.75) is 44.6 Å². The summed E-state index contributed by atoms with van der Waals surface area (Å²) in [6, 6.07) is 0. The van der Waals surface area contributed by atoms with Crippen LogP contribution in [0.2, 0.25) is 0 Å². The molecule has 0 bridgehead atoms. The fraction of sp³-hybridized carbons (Fsp3) is 0.824. The molecule has 0 radical (unpaired) electrons. The summed E-state index contributed by atoms with van der Waals surface area (Å²) in [5, 5.41) is 0. The highest BCUT2D eigenvalue weighted by atomic mass is 16.5. The molecule has 2 saturated heterocycles. The maximum Gasteiger partial charge on any atom is 0.223 e. The molecular weight excluding hydrogens is 266 g/mol. The van der Waals surface area contributed by atoms with Crippen molar-refractivity contribution in [3.8, 4) is 0 Å². The van der Waals surface area contributed by atoms with Crippen LogP contribution < -0.4 is 0 Å². The molecule has 2 fully saturated rings. The summed E-state index contributed by atoms with van der Waals surface area (Å²) in [6.07, 6.45) is 10.8. The van der Waals surface area contributed by atoms with Gasteiger partial charge in [0.05, 0.1) is 19.3 Å². The highest BCUT2D eigenvalue weighted by molar-refractivity contribution is 5.76. The minimum absolute atomic E-state index is 0.328. The standard InChI is InChI=1S/C17H27NO3/c19-17(11-14-3-1-2-4-14)18-8-5-16(6-9-18)21-13-15-7-10-20-12-15/h1,3,14-16H,2,4-13H2/t14-,15-/m1/s1. The molecule has 0 saturated carbocycles. The number of likely N-dealkylation sites (tertiary alicyclic amines) is 1. The predicted octanol–water partition coefficient (Wildman–Crippen LogP) is 2.39. The van der Waals surface area contributed by atoms with Gasteiger partial charge in [-0.15, -0.1) is 0 Å². The van der Waals surface area contributed by atoms with E-state index in [2.05, 4.69) is 12.2 Å². The molecule has 4 nitrogen and oxygen atoms in total. The normalized spacial score (nSPS) is 30.2. The first-order valence-corrected chi connectivity index (χ1v) is 8.45. The number of hydrogen-bond donors (Lipinski definition) is 0. The number of carbonyl (C=O) groups is 1. The quantitative estimate of drug-likeness (QED) is 0.731. The molecule has 0 aromatic rings. The Morgan fingerprint density at radius 3 is 2.76 bits per heavy atom. The molecule has 0 aromatic carbocycles. The Morgan fingerprint density at radius 1 is 1.24 bits per heavy atom. The Labute approximate surface area is 127 Å². The smallest absolute Gasteiger partial charge is 0.223 e. The lowest BCUT2D eigenvalue weighted by Crippen LogP contribution is -2.41. The van der Waals surface area contributed by atoms with Crippen LogP contribution in [0.4, 0.5) is 0 Å². The van der Waals surface area contributed by atoms with Crippen molar-refractivity contribution in [3.05, 3.63) is 12.2 Å². The molecule has 3 aliphatic rings. The predicted molar refractivity (Wildman–Crippen MR) is 81.0 cm³/mol. The summed E-state index contributed by atoms with van der Waals surface area (Å²) in [4.78, 5) is 14.3. The van der Waals surface area contributed by atoms with Crippen LogP contribution in [0.15, 0.2) is 12.2 Å². The van der Waals surface area contributed by atoms with Crippen molar-refractivity contribution in [1.82, 2.24) is 4.90 Å². The van der Waals surface area contributed by atoms with Crippen molar-refractivity contribution in [1.29, 1.82) is 0 Å². The Kier molecular flexibility index (Phi) is 5.31. The van der Waals surface area contributed by atoms with Gasteiger partial charge in [-0.3, -0.25) is 4.79 Å². The van der Waals surface area contributed by atoms with E-state index in [1.165, 1.54) is 0 Å². The zero-order valence-electron chi connectivity index (χ0n) is 12.8. The molecule has 2 atom stereocenters. The van der Waals surface area contributed by atoms with Crippen LogP contribution >= 0.6 is 0 Å². The van der Waals surface area contributed by atoms with Gasteiger partial charge < -0.3 is 14.4 Å². The summed E-state index contributed by atoms with van der Waals surface area (Å²) >= 11 is 0. The molecular formula is C17H27NO3. The Bertz CT molecular complexity index is 368. The van der Waals surface area contributed by atoms with Crippen LogP contribution in [0.3, 0.4) is 0 Å². The number of piperidine rings is 1. The highest BCUT2D eigenvalue weighted by Gasteiger charge is 2.26. The number of allylic oxidation sites excluding steroid dienone is 2. The van der Waals surface area contributed by atoms with Crippen LogP contribution in [0.5, 0.6) is 0 Å². The number of nitrogens with zero attached hydrogens (tertiary/aromatic N) is 1. The van der Waals surface area contributed by atoms with Gasteiger partial charge in [-0.25, -0.2) is 0 Å². The van der Waals surface area contributed by atoms with E-state index in [4.69, 9.17) is 9.47 Å². The molecule has 0 aromatic heterocycles. The molecule has 3 rings (SSSR count). The van der Waals surface area contributed by atoms with Crippen molar-refractivity contribution < 1.29 is 14.3 Å². The van der Waals surface area contributed by atoms with E-state index in [1.807, 2.05) is 4.90 Å². The van der Waals surface area contributed by atoms with Gasteiger partial charge in [0.25, 0.3) is 0 Å². The second kappa shape index (κ2) is 7.41. The van der Waals surface area contributed by atoms with Crippen LogP contribution in [-0.2, 0) is 14.3 Å². The first kappa shape index (κ1) is 15.0. The third kappa shape index (κ3) is 4.30. The van der Waals surface area contributed by atoms with Crippen molar-refractivity contribution in [2.24, 2.45) is 11.8 Å². The molecule has 0 unspecified atom stereocenters. The molecule has 21 heavy (non-hydrogen) atoms. The van der Waals surface area contributed by atoms with Gasteiger partial charge in [-0.2, -0.15) is 0 Å². The molecule has 2 aliphatic heterocycles. The Morgan fingerprint density at radius 2 is 2.10 bits per heavy atom. The molecule has 0 spiro atoms. The SMILES string of the molecule is O=C(C[C@@H]1C=CCC1)N1CCC(OC[C@@H]2CCOC2)CC1. The molecule has 1 aliphatic carbocycles. The maximum atomic E-state index is 12.3. The maximum absolute atomic E-state index is 12.3. The lowest BCUT2D eigenvalue weighted by atomic mass is 10.0. The average Bonchev–Trinajstić information content (AvgIpc) is 3.19. The van der Waals surface area contributed by atoms with E-state index in [-0.39, 0.29) is 0 Å². The summed E-state index contributed by atoms with van der Waals surface area (Å²) in [5.41, 5.74) is 0. The van der Waals surface area contributed by atoms with Crippen molar-refractivity contribution in [2.75, 3.05) is 32.9 Å². The molecule has 0 N–H and O–H groups in total. The minimum Gasteiger partial charge on any atom is -0.381 e. The van der Waals surface area contributed by atoms with Crippen LogP contribution in [0.1, 0.15) is 38.5 Å². The summed E-state index contributed by atoms with van der Waals surface area (Å²) < 4.78 is 11.4. The molecule has 1 amide bonds. The van der Waals surface area contributed by atoms with Crippen molar-refractivity contribution in [3.63, 3.8) is 0 Å². The summed E-state index contributed by atoms with van der Waals surface area (Å²) in [6.45, 7) is 4.29. The Hall–Kier alpha value is -0.870. The van der Waals surface area contributed by atoms with E-state index in [0.717, 1.165) is 65.0 Å². The van der Waals surface area contributed by atoms with Gasteiger partial charge in [0.1, 0.15) is 0 Å². The number of ether oxygens (including phenoxy) is 2. The van der Waals surface area contributed by atoms with Crippen molar-refractivity contribution >= 4 is 5.91 Å². The average molecular weight is 293 g/mol. The van der Waals surface area contributed by atoms with Gasteiger partial charge >= 0.3 is 0 Å². The zero-order chi connectivity index (χ0) is 14.5. The molecule has 2 heterocycles. The third-order valence-electron chi connectivity index (χ3n) is 4.94. The lowest BCUT2D eigenvalue weighted by Gasteiger charge is -2.33. The fourth-order valence-corrected chi connectivity index (χ4v) is 3.48. The zero-order valence-corrected chi connectivity index (χ0v) is 12.8. The summed E-state index contributed by atoms with van der Waals surface area (Å²) in [7, 11) is 0. The number of amides is 1. The topological polar surface area (TPSA) is 38.8 Å². The van der Waals surface area contributed by atoms with E-state index in [1.54, 1.807) is 0 Å². The van der Waals surface area contributed by atoms with Gasteiger partial charge in [0, 0.05) is 32.0 Å². The minimum atomic E-state index is 0.328. The van der Waals surface area contributed by atoms with Gasteiger partial charge in [0.15, 0.2) is 0 Å².